The standard InChI is InChI=1S/C22H24ClNO5S2/c1-15(2)16-5-11-20-17(14-22(31(27,28)29)21(20)12-6-16)4-3-13-30(25,26)24-19-9-7-18(23)8-10-19/h5-12,14-15,24H,3-4,13H2,1-2H3,(H,27,28,29)/p-1. The third kappa shape index (κ3) is 5.98. The summed E-state index contributed by atoms with van der Waals surface area (Å²) in [6, 6.07) is 14.8. The molecule has 6 nitrogen and oxygen atoms in total. The topological polar surface area (TPSA) is 103 Å². The molecule has 9 heteroatoms. The van der Waals surface area contributed by atoms with Gasteiger partial charge in [0.15, 0.2) is 0 Å². The maximum Gasteiger partial charge on any atom is 0.232 e. The molecule has 2 aliphatic rings. The zero-order valence-electron chi connectivity index (χ0n) is 17.1. The van der Waals surface area contributed by atoms with E-state index < -0.39 is 20.1 Å². The van der Waals surface area contributed by atoms with Crippen LogP contribution in [-0.2, 0) is 26.6 Å². The summed E-state index contributed by atoms with van der Waals surface area (Å²) in [6.45, 7) is 4.04. The highest BCUT2D eigenvalue weighted by Crippen LogP contribution is 2.36. The van der Waals surface area contributed by atoms with Crippen molar-refractivity contribution in [1.29, 1.82) is 0 Å². The molecule has 0 bridgehead atoms. The van der Waals surface area contributed by atoms with E-state index in [0.29, 0.717) is 33.8 Å². The molecule has 1 aromatic rings. The number of sulfonamides is 1. The lowest BCUT2D eigenvalue weighted by molar-refractivity contribution is 0.463. The highest BCUT2D eigenvalue weighted by molar-refractivity contribution is 7.92. The molecule has 0 aromatic heterocycles. The highest BCUT2D eigenvalue weighted by Gasteiger charge is 2.20. The molecular formula is C22H23ClNO5S2-. The molecule has 0 saturated heterocycles. The normalized spacial score (nSPS) is 12.4. The number of anilines is 1. The molecule has 166 valence electrons. The van der Waals surface area contributed by atoms with Crippen LogP contribution >= 0.6 is 11.6 Å². The minimum Gasteiger partial charge on any atom is -0.744 e. The first-order chi connectivity index (χ1) is 14.5. The molecule has 3 rings (SSSR count). The summed E-state index contributed by atoms with van der Waals surface area (Å²) in [4.78, 5) is -0.273. The van der Waals surface area contributed by atoms with Gasteiger partial charge in [-0.15, -0.1) is 0 Å². The molecule has 0 spiro atoms. The van der Waals surface area contributed by atoms with Crippen molar-refractivity contribution in [3.63, 3.8) is 0 Å². The second kappa shape index (κ2) is 9.16. The van der Waals surface area contributed by atoms with Gasteiger partial charge in [-0.3, -0.25) is 4.72 Å². The van der Waals surface area contributed by atoms with Gasteiger partial charge in [-0.25, -0.2) is 16.8 Å². The lowest BCUT2D eigenvalue weighted by atomic mass is 10.1. The Bertz CT molecular complexity index is 1250. The number of halogens is 1. The van der Waals surface area contributed by atoms with Crippen LogP contribution in [0.25, 0.3) is 11.1 Å². The Kier molecular flexibility index (Phi) is 6.95. The fourth-order valence-corrected chi connectivity index (χ4v) is 5.38. The Morgan fingerprint density at radius 2 is 1.55 bits per heavy atom. The summed E-state index contributed by atoms with van der Waals surface area (Å²) in [5.74, 6) is 0.0779. The van der Waals surface area contributed by atoms with Gasteiger partial charge in [-0.2, -0.15) is 0 Å². The minimum absolute atomic E-state index is 0.155. The minimum atomic E-state index is -4.66. The van der Waals surface area contributed by atoms with Crippen LogP contribution in [0, 0.1) is 0 Å². The molecule has 0 fully saturated rings. The zero-order valence-corrected chi connectivity index (χ0v) is 19.5. The van der Waals surface area contributed by atoms with Crippen molar-refractivity contribution < 1.29 is 21.4 Å². The summed E-state index contributed by atoms with van der Waals surface area (Å²) < 4.78 is 62.6. The number of rotatable bonds is 8. The van der Waals surface area contributed by atoms with Crippen molar-refractivity contribution in [1.82, 2.24) is 0 Å². The Hall–Kier alpha value is -2.13. The van der Waals surface area contributed by atoms with Crippen LogP contribution in [0.4, 0.5) is 5.69 Å². The molecule has 0 saturated carbocycles. The maximum absolute atomic E-state index is 12.4. The second-order valence-electron chi connectivity index (χ2n) is 7.67. The maximum atomic E-state index is 12.4. The average Bonchev–Trinajstić information content (AvgIpc) is 2.87. The first-order valence-electron chi connectivity index (χ1n) is 9.74. The summed E-state index contributed by atoms with van der Waals surface area (Å²) in [7, 11) is -8.26. The first-order valence-corrected chi connectivity index (χ1v) is 13.2. The smallest absolute Gasteiger partial charge is 0.232 e. The van der Waals surface area contributed by atoms with Crippen molar-refractivity contribution >= 4 is 37.4 Å². The SMILES string of the molecule is CC(C)c1ccc2c(CCCS(=O)(=O)Nc3ccc(Cl)cc3)cc(S(=O)(=O)[O-])c-2cc1. The van der Waals surface area contributed by atoms with Gasteiger partial charge in [-0.05, 0) is 71.3 Å². The summed E-state index contributed by atoms with van der Waals surface area (Å²) in [6.07, 6.45) is 0.574. The Balaban J connectivity index is 1.81. The summed E-state index contributed by atoms with van der Waals surface area (Å²) in [5, 5.41) is 0.504. The molecule has 0 heterocycles. The van der Waals surface area contributed by atoms with Crippen molar-refractivity contribution in [3.05, 3.63) is 70.7 Å². The van der Waals surface area contributed by atoms with E-state index in [9.17, 15) is 21.4 Å². The van der Waals surface area contributed by atoms with E-state index in [-0.39, 0.29) is 23.0 Å². The van der Waals surface area contributed by atoms with Crippen LogP contribution in [0.5, 0.6) is 0 Å². The highest BCUT2D eigenvalue weighted by atomic mass is 35.5. The Morgan fingerprint density at radius 1 is 0.935 bits per heavy atom. The van der Waals surface area contributed by atoms with Crippen LogP contribution in [-0.4, -0.2) is 27.1 Å². The molecule has 0 atom stereocenters. The van der Waals surface area contributed by atoms with Gasteiger partial charge in [0.05, 0.1) is 10.6 Å². The van der Waals surface area contributed by atoms with Crippen molar-refractivity contribution in [2.24, 2.45) is 0 Å². The molecule has 2 aliphatic carbocycles. The Labute approximate surface area is 188 Å². The van der Waals surface area contributed by atoms with Gasteiger partial charge in [0.25, 0.3) is 0 Å². The third-order valence-electron chi connectivity index (χ3n) is 5.00. The van der Waals surface area contributed by atoms with Crippen molar-refractivity contribution in [2.75, 3.05) is 10.5 Å². The lowest BCUT2D eigenvalue weighted by Crippen LogP contribution is -2.17. The van der Waals surface area contributed by atoms with Gasteiger partial charge >= 0.3 is 0 Å². The van der Waals surface area contributed by atoms with Gasteiger partial charge in [0.1, 0.15) is 10.1 Å². The number of benzene rings is 1. The van der Waals surface area contributed by atoms with Crippen LogP contribution < -0.4 is 4.72 Å². The van der Waals surface area contributed by atoms with Crippen LogP contribution in [0.15, 0.2) is 59.5 Å². The monoisotopic (exact) mass is 480 g/mol. The van der Waals surface area contributed by atoms with E-state index >= 15 is 0 Å². The number of aryl methyl sites for hydroxylation is 1. The van der Waals surface area contributed by atoms with E-state index in [0.717, 1.165) is 5.56 Å². The predicted octanol–water partition coefficient (Wildman–Crippen LogP) is 4.85. The van der Waals surface area contributed by atoms with E-state index in [4.69, 9.17) is 11.6 Å². The molecule has 0 aliphatic heterocycles. The second-order valence-corrected chi connectivity index (χ2v) is 11.3. The van der Waals surface area contributed by atoms with Gasteiger partial charge < -0.3 is 4.55 Å². The predicted molar refractivity (Wildman–Crippen MR) is 122 cm³/mol. The van der Waals surface area contributed by atoms with Crippen LogP contribution in [0.3, 0.4) is 0 Å². The fourth-order valence-electron chi connectivity index (χ4n) is 3.40. The molecule has 0 radical (unpaired) electrons. The number of hydrogen-bond donors (Lipinski definition) is 1. The van der Waals surface area contributed by atoms with E-state index in [1.54, 1.807) is 36.4 Å². The van der Waals surface area contributed by atoms with Crippen molar-refractivity contribution in [3.8, 4) is 11.1 Å². The third-order valence-corrected chi connectivity index (χ3v) is 7.51. The van der Waals surface area contributed by atoms with Crippen LogP contribution in [0.2, 0.25) is 5.02 Å². The molecular weight excluding hydrogens is 458 g/mol. The van der Waals surface area contributed by atoms with E-state index in [1.165, 1.54) is 6.07 Å². The van der Waals surface area contributed by atoms with Gasteiger partial charge in [0.2, 0.25) is 10.0 Å². The first kappa shape index (κ1) is 23.5. The van der Waals surface area contributed by atoms with E-state index in [1.807, 2.05) is 26.0 Å². The lowest BCUT2D eigenvalue weighted by Gasteiger charge is -2.08. The molecule has 1 aromatic carbocycles. The van der Waals surface area contributed by atoms with Crippen LogP contribution in [0.1, 0.15) is 37.3 Å². The summed E-state index contributed by atoms with van der Waals surface area (Å²) >= 11 is 5.81. The van der Waals surface area contributed by atoms with Gasteiger partial charge in [0, 0.05) is 10.7 Å². The number of nitrogens with one attached hydrogen (secondary N) is 1. The van der Waals surface area contributed by atoms with Gasteiger partial charge in [-0.1, -0.05) is 49.7 Å². The number of fused-ring (bicyclic) bond motifs is 1. The fraction of sp³-hybridized carbons (Fsp3) is 0.273. The average molecular weight is 481 g/mol. The quantitative estimate of drug-likeness (QED) is 0.464. The largest absolute Gasteiger partial charge is 0.744 e. The van der Waals surface area contributed by atoms with Crippen molar-refractivity contribution in [2.45, 2.75) is 37.5 Å². The number of hydrogen-bond acceptors (Lipinski definition) is 5. The zero-order chi connectivity index (χ0) is 22.8. The Morgan fingerprint density at radius 3 is 2.13 bits per heavy atom. The molecule has 1 N–H and O–H groups in total. The summed E-state index contributed by atoms with van der Waals surface area (Å²) in [5.41, 5.74) is 3.06. The molecule has 31 heavy (non-hydrogen) atoms. The molecule has 0 amide bonds. The molecule has 0 unspecified atom stereocenters. The van der Waals surface area contributed by atoms with E-state index in [2.05, 4.69) is 4.72 Å².